The second kappa shape index (κ2) is 7.59. The van der Waals surface area contributed by atoms with Crippen molar-refractivity contribution in [3.8, 4) is 5.75 Å². The number of benzene rings is 1. The maximum atomic E-state index is 13.4. The zero-order chi connectivity index (χ0) is 18.8. The van der Waals surface area contributed by atoms with E-state index in [4.69, 9.17) is 4.74 Å². The molecule has 2 heterocycles. The Bertz CT molecular complexity index is 830. The molecule has 0 spiro atoms. The summed E-state index contributed by atoms with van der Waals surface area (Å²) in [7, 11) is 1.67. The molecule has 0 bridgehead atoms. The first-order chi connectivity index (χ1) is 13.2. The van der Waals surface area contributed by atoms with Crippen molar-refractivity contribution in [1.29, 1.82) is 0 Å². The minimum atomic E-state index is 0.0864. The Morgan fingerprint density at radius 3 is 2.74 bits per heavy atom. The minimum Gasteiger partial charge on any atom is -0.497 e. The van der Waals surface area contributed by atoms with Crippen molar-refractivity contribution < 1.29 is 9.53 Å². The number of methoxy groups -OCH3 is 1. The second-order valence-electron chi connectivity index (χ2n) is 7.57. The molecule has 1 aliphatic carbocycles. The summed E-state index contributed by atoms with van der Waals surface area (Å²) < 4.78 is 5.31. The first kappa shape index (κ1) is 17.8. The lowest BCUT2D eigenvalue weighted by Crippen LogP contribution is -2.51. The highest BCUT2D eigenvalue weighted by atomic mass is 16.5. The molecule has 27 heavy (non-hydrogen) atoms. The largest absolute Gasteiger partial charge is 0.497 e. The van der Waals surface area contributed by atoms with Crippen LogP contribution in [0.15, 0.2) is 36.5 Å². The fourth-order valence-corrected chi connectivity index (χ4v) is 4.26. The van der Waals surface area contributed by atoms with Crippen LogP contribution in [0.1, 0.15) is 48.8 Å². The van der Waals surface area contributed by atoms with Gasteiger partial charge in [-0.3, -0.25) is 4.90 Å². The molecule has 2 aliphatic rings. The van der Waals surface area contributed by atoms with Crippen LogP contribution in [-0.4, -0.2) is 29.1 Å². The van der Waals surface area contributed by atoms with E-state index in [1.807, 2.05) is 29.2 Å². The van der Waals surface area contributed by atoms with E-state index in [0.29, 0.717) is 19.1 Å². The van der Waals surface area contributed by atoms with E-state index in [9.17, 15) is 4.79 Å². The molecule has 0 radical (unpaired) electrons. The Morgan fingerprint density at radius 2 is 2.00 bits per heavy atom. The number of hydrogen-bond acceptors (Lipinski definition) is 3. The molecule has 0 saturated heterocycles. The van der Waals surface area contributed by atoms with Crippen molar-refractivity contribution in [2.24, 2.45) is 0 Å². The van der Waals surface area contributed by atoms with Crippen molar-refractivity contribution in [1.82, 2.24) is 9.88 Å². The lowest BCUT2D eigenvalue weighted by atomic mass is 9.93. The number of carbonyl (C=O) groups is 1. The van der Waals surface area contributed by atoms with E-state index < -0.39 is 0 Å². The van der Waals surface area contributed by atoms with Gasteiger partial charge in [-0.1, -0.05) is 31.4 Å². The van der Waals surface area contributed by atoms with Crippen LogP contribution in [0.4, 0.5) is 10.6 Å². The van der Waals surface area contributed by atoms with Gasteiger partial charge in [0.25, 0.3) is 0 Å². The molecule has 1 aromatic heterocycles. The number of carbonyl (C=O) groups excluding carboxylic acids is 1. The van der Waals surface area contributed by atoms with Crippen LogP contribution in [0.25, 0.3) is 0 Å². The predicted octanol–water partition coefficient (Wildman–Crippen LogP) is 4.67. The molecule has 1 saturated carbocycles. The normalized spacial score (nSPS) is 17.8. The zero-order valence-electron chi connectivity index (χ0n) is 16.1. The number of ether oxygens (including phenoxy) is 1. The van der Waals surface area contributed by atoms with Gasteiger partial charge in [0.1, 0.15) is 11.6 Å². The number of aromatic nitrogens is 1. The minimum absolute atomic E-state index is 0.0864. The predicted molar refractivity (Wildman–Crippen MR) is 106 cm³/mol. The Morgan fingerprint density at radius 1 is 1.19 bits per heavy atom. The van der Waals surface area contributed by atoms with Crippen LogP contribution >= 0.6 is 0 Å². The molecule has 2 aromatic rings. The number of pyridine rings is 1. The third kappa shape index (κ3) is 3.51. The molecule has 4 rings (SSSR count). The van der Waals surface area contributed by atoms with Gasteiger partial charge in [0, 0.05) is 17.8 Å². The van der Waals surface area contributed by atoms with Gasteiger partial charge >= 0.3 is 6.03 Å². The first-order valence-corrected chi connectivity index (χ1v) is 9.83. The third-order valence-electron chi connectivity index (χ3n) is 5.83. The summed E-state index contributed by atoms with van der Waals surface area (Å²) in [4.78, 5) is 21.9. The number of nitrogens with zero attached hydrogens (tertiary/aromatic N) is 3. The maximum Gasteiger partial charge on any atom is 0.326 e. The lowest BCUT2D eigenvalue weighted by Gasteiger charge is -2.41. The van der Waals surface area contributed by atoms with E-state index >= 15 is 0 Å². The van der Waals surface area contributed by atoms with Gasteiger partial charge in [-0.05, 0) is 49.1 Å². The fourth-order valence-electron chi connectivity index (χ4n) is 4.26. The van der Waals surface area contributed by atoms with Gasteiger partial charge in [-0.2, -0.15) is 0 Å². The van der Waals surface area contributed by atoms with Crippen molar-refractivity contribution >= 4 is 11.8 Å². The van der Waals surface area contributed by atoms with E-state index in [2.05, 4.69) is 22.9 Å². The Labute approximate surface area is 161 Å². The summed E-state index contributed by atoms with van der Waals surface area (Å²) >= 11 is 0. The monoisotopic (exact) mass is 365 g/mol. The topological polar surface area (TPSA) is 45.7 Å². The standard InChI is InChI=1S/C22H27N3O2/c1-16-13-20(27-2)11-10-17(16)14-25-21-18(7-6-12-23-21)15-24(22(25)26)19-8-4-3-5-9-19/h6-7,10-13,19H,3-5,8-9,14-15H2,1-2H3. The van der Waals surface area contributed by atoms with E-state index in [1.165, 1.54) is 19.3 Å². The summed E-state index contributed by atoms with van der Waals surface area (Å²) in [5.41, 5.74) is 3.37. The molecule has 1 fully saturated rings. The highest BCUT2D eigenvalue weighted by molar-refractivity contribution is 5.93. The van der Waals surface area contributed by atoms with E-state index in [0.717, 1.165) is 41.1 Å². The van der Waals surface area contributed by atoms with Crippen molar-refractivity contribution in [2.75, 3.05) is 12.0 Å². The van der Waals surface area contributed by atoms with Gasteiger partial charge in [-0.25, -0.2) is 9.78 Å². The summed E-state index contributed by atoms with van der Waals surface area (Å²) in [6, 6.07) is 10.5. The second-order valence-corrected chi connectivity index (χ2v) is 7.57. The summed E-state index contributed by atoms with van der Waals surface area (Å²) in [5, 5.41) is 0. The molecule has 5 heteroatoms. The van der Waals surface area contributed by atoms with Gasteiger partial charge in [0.15, 0.2) is 0 Å². The highest BCUT2D eigenvalue weighted by Gasteiger charge is 2.35. The molecule has 2 amide bonds. The molecular weight excluding hydrogens is 338 g/mol. The van der Waals surface area contributed by atoms with Crippen LogP contribution in [0.2, 0.25) is 0 Å². The summed E-state index contributed by atoms with van der Waals surface area (Å²) in [5.74, 6) is 1.63. The molecule has 1 aromatic carbocycles. The third-order valence-corrected chi connectivity index (χ3v) is 5.83. The quantitative estimate of drug-likeness (QED) is 0.791. The van der Waals surface area contributed by atoms with Crippen LogP contribution in [0.5, 0.6) is 5.75 Å². The zero-order valence-corrected chi connectivity index (χ0v) is 16.1. The van der Waals surface area contributed by atoms with Crippen LogP contribution in [0, 0.1) is 6.92 Å². The highest BCUT2D eigenvalue weighted by Crippen LogP contribution is 2.33. The maximum absolute atomic E-state index is 13.4. The molecule has 5 nitrogen and oxygen atoms in total. The van der Waals surface area contributed by atoms with Gasteiger partial charge in [0.2, 0.25) is 0 Å². The molecule has 142 valence electrons. The Hall–Kier alpha value is -2.56. The number of urea groups is 1. The Kier molecular flexibility index (Phi) is 5.01. The lowest BCUT2D eigenvalue weighted by molar-refractivity contribution is 0.152. The van der Waals surface area contributed by atoms with Crippen molar-refractivity contribution in [3.05, 3.63) is 53.2 Å². The number of amides is 2. The van der Waals surface area contributed by atoms with Gasteiger partial charge in [0.05, 0.1) is 20.2 Å². The molecular formula is C22H27N3O2. The molecule has 0 unspecified atom stereocenters. The summed E-state index contributed by atoms with van der Waals surface area (Å²) in [6.45, 7) is 3.26. The average molecular weight is 365 g/mol. The van der Waals surface area contributed by atoms with Gasteiger partial charge < -0.3 is 9.64 Å². The fraction of sp³-hybridized carbons (Fsp3) is 0.455. The molecule has 1 aliphatic heterocycles. The van der Waals surface area contributed by atoms with Crippen LogP contribution in [0.3, 0.4) is 0 Å². The molecule has 0 atom stereocenters. The smallest absolute Gasteiger partial charge is 0.326 e. The van der Waals surface area contributed by atoms with Crippen molar-refractivity contribution in [3.63, 3.8) is 0 Å². The van der Waals surface area contributed by atoms with Crippen molar-refractivity contribution in [2.45, 2.75) is 58.2 Å². The SMILES string of the molecule is COc1ccc(CN2C(=O)N(C3CCCCC3)Cc3cccnc32)c(C)c1. The number of anilines is 1. The number of aryl methyl sites for hydroxylation is 1. The van der Waals surface area contributed by atoms with Crippen LogP contribution < -0.4 is 9.64 Å². The number of hydrogen-bond donors (Lipinski definition) is 0. The Balaban J connectivity index is 1.66. The number of rotatable bonds is 4. The average Bonchev–Trinajstić information content (AvgIpc) is 2.71. The molecule has 0 N–H and O–H groups in total. The van der Waals surface area contributed by atoms with Gasteiger partial charge in [-0.15, -0.1) is 0 Å². The number of fused-ring (bicyclic) bond motifs is 1. The van der Waals surface area contributed by atoms with E-state index in [-0.39, 0.29) is 6.03 Å². The van der Waals surface area contributed by atoms with E-state index in [1.54, 1.807) is 13.3 Å². The first-order valence-electron chi connectivity index (χ1n) is 9.83. The summed E-state index contributed by atoms with van der Waals surface area (Å²) in [6.07, 6.45) is 7.70. The van der Waals surface area contributed by atoms with Crippen LogP contribution in [-0.2, 0) is 13.1 Å².